The molecule has 1 unspecified atom stereocenters. The van der Waals surface area contributed by atoms with E-state index in [0.29, 0.717) is 18.5 Å². The maximum atomic E-state index is 12.3. The van der Waals surface area contributed by atoms with Gasteiger partial charge in [0.1, 0.15) is 12.6 Å². The van der Waals surface area contributed by atoms with Crippen LogP contribution in [0.15, 0.2) is 30.3 Å². The van der Waals surface area contributed by atoms with Crippen molar-refractivity contribution >= 4 is 17.8 Å². The van der Waals surface area contributed by atoms with Crippen molar-refractivity contribution in [1.82, 2.24) is 10.2 Å². The van der Waals surface area contributed by atoms with Gasteiger partial charge in [-0.15, -0.1) is 0 Å². The molecule has 1 aromatic rings. The summed E-state index contributed by atoms with van der Waals surface area (Å²) in [5.74, 6) is -1.64. The molecule has 6 nitrogen and oxygen atoms in total. The standard InChI is InChI=1S/C15H18N2O4/c18-12-8-4-5-9-17(12)14(11-6-2-1-3-7-11)15(21)16-10-13(19)20/h1-3,6-7,14H,4-5,8-10H2,(H,16,21)(H,19,20). The number of rotatable bonds is 5. The van der Waals surface area contributed by atoms with Gasteiger partial charge in [0, 0.05) is 13.0 Å². The number of carbonyl (C=O) groups excluding carboxylic acids is 2. The van der Waals surface area contributed by atoms with E-state index in [1.165, 1.54) is 4.90 Å². The smallest absolute Gasteiger partial charge is 0.322 e. The van der Waals surface area contributed by atoms with E-state index < -0.39 is 24.5 Å². The van der Waals surface area contributed by atoms with Crippen molar-refractivity contribution in [1.29, 1.82) is 0 Å². The highest BCUT2D eigenvalue weighted by Crippen LogP contribution is 2.25. The van der Waals surface area contributed by atoms with Gasteiger partial charge in [0.05, 0.1) is 0 Å². The van der Waals surface area contributed by atoms with Gasteiger partial charge >= 0.3 is 5.97 Å². The van der Waals surface area contributed by atoms with E-state index in [4.69, 9.17) is 5.11 Å². The van der Waals surface area contributed by atoms with Gasteiger partial charge in [-0.1, -0.05) is 30.3 Å². The number of aliphatic carboxylic acids is 1. The van der Waals surface area contributed by atoms with Crippen molar-refractivity contribution in [3.05, 3.63) is 35.9 Å². The third-order valence-electron chi connectivity index (χ3n) is 3.45. The van der Waals surface area contributed by atoms with Gasteiger partial charge in [-0.3, -0.25) is 14.4 Å². The lowest BCUT2D eigenvalue weighted by Gasteiger charge is -2.34. The lowest BCUT2D eigenvalue weighted by molar-refractivity contribution is -0.144. The molecular weight excluding hydrogens is 272 g/mol. The second-order valence-electron chi connectivity index (χ2n) is 4.97. The summed E-state index contributed by atoms with van der Waals surface area (Å²) in [7, 11) is 0. The van der Waals surface area contributed by atoms with Gasteiger partial charge in [-0.05, 0) is 18.4 Å². The molecule has 2 amide bonds. The van der Waals surface area contributed by atoms with E-state index in [1.807, 2.05) is 6.07 Å². The summed E-state index contributed by atoms with van der Waals surface area (Å²) in [6.07, 6.45) is 2.10. The number of piperidine rings is 1. The Hall–Kier alpha value is -2.37. The fourth-order valence-corrected chi connectivity index (χ4v) is 2.47. The van der Waals surface area contributed by atoms with Gasteiger partial charge in [0.25, 0.3) is 0 Å². The Labute approximate surface area is 122 Å². The largest absolute Gasteiger partial charge is 0.480 e. The summed E-state index contributed by atoms with van der Waals surface area (Å²) >= 11 is 0. The maximum Gasteiger partial charge on any atom is 0.322 e. The quantitative estimate of drug-likeness (QED) is 0.845. The van der Waals surface area contributed by atoms with Crippen molar-refractivity contribution in [3.8, 4) is 0 Å². The molecule has 0 saturated carbocycles. The third kappa shape index (κ3) is 3.81. The number of carbonyl (C=O) groups is 3. The minimum Gasteiger partial charge on any atom is -0.480 e. The minimum atomic E-state index is -1.11. The van der Waals surface area contributed by atoms with Crippen molar-refractivity contribution in [2.75, 3.05) is 13.1 Å². The van der Waals surface area contributed by atoms with Crippen LogP contribution in [0.3, 0.4) is 0 Å². The van der Waals surface area contributed by atoms with Crippen LogP contribution >= 0.6 is 0 Å². The van der Waals surface area contributed by atoms with Crippen LogP contribution < -0.4 is 5.32 Å². The normalized spacial score (nSPS) is 16.4. The Morgan fingerprint density at radius 1 is 1.24 bits per heavy atom. The Morgan fingerprint density at radius 3 is 2.57 bits per heavy atom. The van der Waals surface area contributed by atoms with E-state index in [9.17, 15) is 14.4 Å². The number of carboxylic acids is 1. The number of likely N-dealkylation sites (tertiary alicyclic amines) is 1. The third-order valence-corrected chi connectivity index (χ3v) is 3.45. The molecule has 2 rings (SSSR count). The molecule has 1 heterocycles. The van der Waals surface area contributed by atoms with Crippen molar-refractivity contribution < 1.29 is 19.5 Å². The number of hydrogen-bond donors (Lipinski definition) is 2. The van der Waals surface area contributed by atoms with Gasteiger partial charge in [0.2, 0.25) is 11.8 Å². The monoisotopic (exact) mass is 290 g/mol. The summed E-state index contributed by atoms with van der Waals surface area (Å²) in [6.45, 7) is 0.0586. The first-order valence-corrected chi connectivity index (χ1v) is 6.93. The number of nitrogens with zero attached hydrogens (tertiary/aromatic N) is 1. The van der Waals surface area contributed by atoms with Crippen molar-refractivity contribution in [3.63, 3.8) is 0 Å². The molecule has 6 heteroatoms. The van der Waals surface area contributed by atoms with Gasteiger partial charge in [-0.2, -0.15) is 0 Å². The first-order chi connectivity index (χ1) is 10.1. The molecule has 1 atom stereocenters. The lowest BCUT2D eigenvalue weighted by Crippen LogP contribution is -2.46. The summed E-state index contributed by atoms with van der Waals surface area (Å²) < 4.78 is 0. The molecule has 1 fully saturated rings. The van der Waals surface area contributed by atoms with Crippen LogP contribution in [0.2, 0.25) is 0 Å². The zero-order chi connectivity index (χ0) is 15.2. The van der Waals surface area contributed by atoms with Crippen LogP contribution in [0, 0.1) is 0 Å². The summed E-state index contributed by atoms with van der Waals surface area (Å²) in [5.41, 5.74) is 0.690. The Morgan fingerprint density at radius 2 is 1.95 bits per heavy atom. The molecule has 1 aliphatic heterocycles. The molecule has 112 valence electrons. The summed E-state index contributed by atoms with van der Waals surface area (Å²) in [6, 6.07) is 8.19. The van der Waals surface area contributed by atoms with E-state index in [0.717, 1.165) is 12.8 Å². The molecule has 0 radical (unpaired) electrons. The zero-order valence-electron chi connectivity index (χ0n) is 11.6. The summed E-state index contributed by atoms with van der Waals surface area (Å²) in [5, 5.41) is 11.0. The number of nitrogens with one attached hydrogen (secondary N) is 1. The first kappa shape index (κ1) is 15.0. The highest BCUT2D eigenvalue weighted by molar-refractivity contribution is 5.90. The molecule has 1 aromatic carbocycles. The van der Waals surface area contributed by atoms with Crippen LogP contribution in [0.25, 0.3) is 0 Å². The van der Waals surface area contributed by atoms with E-state index >= 15 is 0 Å². The molecule has 1 saturated heterocycles. The van der Waals surface area contributed by atoms with Gasteiger partial charge in [-0.25, -0.2) is 0 Å². The second kappa shape index (κ2) is 6.88. The Kier molecular flexibility index (Phi) is 4.92. The SMILES string of the molecule is O=C(O)CNC(=O)C(c1ccccc1)N1CCCCC1=O. The van der Waals surface area contributed by atoms with Crippen LogP contribution in [0.4, 0.5) is 0 Å². The van der Waals surface area contributed by atoms with Gasteiger partial charge < -0.3 is 15.3 Å². The second-order valence-corrected chi connectivity index (χ2v) is 4.97. The van der Waals surface area contributed by atoms with Crippen LogP contribution in [-0.2, 0) is 14.4 Å². The molecular formula is C15H18N2O4. The maximum absolute atomic E-state index is 12.3. The number of benzene rings is 1. The number of hydrogen-bond acceptors (Lipinski definition) is 3. The van der Waals surface area contributed by atoms with Crippen LogP contribution in [0.1, 0.15) is 30.9 Å². The van der Waals surface area contributed by atoms with E-state index in [-0.39, 0.29) is 5.91 Å². The first-order valence-electron chi connectivity index (χ1n) is 6.93. The molecule has 1 aliphatic rings. The fraction of sp³-hybridized carbons (Fsp3) is 0.400. The molecule has 21 heavy (non-hydrogen) atoms. The number of carboxylic acid groups (broad SMARTS) is 1. The Balaban J connectivity index is 2.23. The zero-order valence-corrected chi connectivity index (χ0v) is 11.6. The average Bonchev–Trinajstić information content (AvgIpc) is 2.48. The number of amides is 2. The van der Waals surface area contributed by atoms with Crippen molar-refractivity contribution in [2.24, 2.45) is 0 Å². The highest BCUT2D eigenvalue weighted by atomic mass is 16.4. The summed E-state index contributed by atoms with van der Waals surface area (Å²) in [4.78, 5) is 36.6. The topological polar surface area (TPSA) is 86.7 Å². The predicted octanol–water partition coefficient (Wildman–Crippen LogP) is 0.941. The highest BCUT2D eigenvalue weighted by Gasteiger charge is 2.32. The molecule has 0 aromatic heterocycles. The molecule has 2 N–H and O–H groups in total. The van der Waals surface area contributed by atoms with Crippen molar-refractivity contribution in [2.45, 2.75) is 25.3 Å². The Bertz CT molecular complexity index is 530. The fourth-order valence-electron chi connectivity index (χ4n) is 2.47. The molecule has 0 aliphatic carbocycles. The molecule has 0 bridgehead atoms. The molecule has 0 spiro atoms. The van der Waals surface area contributed by atoms with Crippen LogP contribution in [-0.4, -0.2) is 40.9 Å². The van der Waals surface area contributed by atoms with E-state index in [2.05, 4.69) is 5.32 Å². The predicted molar refractivity (Wildman–Crippen MR) is 75.4 cm³/mol. The van der Waals surface area contributed by atoms with E-state index in [1.54, 1.807) is 24.3 Å². The average molecular weight is 290 g/mol. The van der Waals surface area contributed by atoms with Crippen LogP contribution in [0.5, 0.6) is 0 Å². The lowest BCUT2D eigenvalue weighted by atomic mass is 10.0. The van der Waals surface area contributed by atoms with Gasteiger partial charge in [0.15, 0.2) is 0 Å². The minimum absolute atomic E-state index is 0.0689.